The summed E-state index contributed by atoms with van der Waals surface area (Å²) in [5.74, 6) is -0.642. The van der Waals surface area contributed by atoms with Crippen LogP contribution in [0.4, 0.5) is 11.4 Å². The molecule has 0 unspecified atom stereocenters. The highest BCUT2D eigenvalue weighted by molar-refractivity contribution is 6.31. The third-order valence-corrected chi connectivity index (χ3v) is 7.63. The Morgan fingerprint density at radius 1 is 0.972 bits per heavy atom. The molecule has 0 bridgehead atoms. The van der Waals surface area contributed by atoms with E-state index in [2.05, 4.69) is 56.4 Å². The summed E-state index contributed by atoms with van der Waals surface area (Å²) in [6.07, 6.45) is 2.54. The van der Waals surface area contributed by atoms with Crippen LogP contribution in [0.1, 0.15) is 62.8 Å². The molecule has 0 spiro atoms. The summed E-state index contributed by atoms with van der Waals surface area (Å²) in [5.41, 5.74) is 5.56. The van der Waals surface area contributed by atoms with E-state index in [4.69, 9.17) is 11.6 Å². The van der Waals surface area contributed by atoms with Crippen molar-refractivity contribution < 1.29 is 9.59 Å². The number of allylic oxidation sites excluding steroid dienone is 1. The van der Waals surface area contributed by atoms with Gasteiger partial charge < -0.3 is 10.2 Å². The fourth-order valence-electron chi connectivity index (χ4n) is 5.45. The van der Waals surface area contributed by atoms with E-state index in [0.29, 0.717) is 11.4 Å². The SMILES string of the molecule is CC(=O)N1c2ccccc2NC2=C[C@H](c3ccc(C(C)(C)C)cc3)CC(=O)[C@H]2[C@H]1c1ccccc1Cl. The molecule has 0 radical (unpaired) electrons. The summed E-state index contributed by atoms with van der Waals surface area (Å²) in [4.78, 5) is 28.8. The van der Waals surface area contributed by atoms with E-state index in [-0.39, 0.29) is 23.0 Å². The molecule has 4 nitrogen and oxygen atoms in total. The second kappa shape index (κ2) is 9.25. The highest BCUT2D eigenvalue weighted by Crippen LogP contribution is 2.49. The predicted octanol–water partition coefficient (Wildman–Crippen LogP) is 7.41. The van der Waals surface area contributed by atoms with E-state index < -0.39 is 12.0 Å². The minimum Gasteiger partial charge on any atom is -0.357 e. The number of nitrogens with one attached hydrogen (secondary N) is 1. The molecule has 0 saturated heterocycles. The molecule has 184 valence electrons. The topological polar surface area (TPSA) is 49.4 Å². The summed E-state index contributed by atoms with van der Waals surface area (Å²) >= 11 is 6.67. The Hall–Kier alpha value is -3.37. The lowest BCUT2D eigenvalue weighted by Gasteiger charge is -2.37. The highest BCUT2D eigenvalue weighted by Gasteiger charge is 2.45. The number of hydrogen-bond donors (Lipinski definition) is 1. The van der Waals surface area contributed by atoms with Crippen molar-refractivity contribution in [2.45, 2.75) is 51.5 Å². The van der Waals surface area contributed by atoms with E-state index in [1.807, 2.05) is 48.5 Å². The lowest BCUT2D eigenvalue weighted by molar-refractivity contribution is -0.123. The van der Waals surface area contributed by atoms with Crippen molar-refractivity contribution in [2.24, 2.45) is 5.92 Å². The number of hydrogen-bond acceptors (Lipinski definition) is 3. The molecule has 36 heavy (non-hydrogen) atoms. The monoisotopic (exact) mass is 498 g/mol. The van der Waals surface area contributed by atoms with Crippen LogP contribution in [0.3, 0.4) is 0 Å². The van der Waals surface area contributed by atoms with Gasteiger partial charge in [-0.25, -0.2) is 0 Å². The molecule has 2 aliphatic rings. The van der Waals surface area contributed by atoms with Crippen LogP contribution < -0.4 is 10.2 Å². The molecule has 5 rings (SSSR count). The largest absolute Gasteiger partial charge is 0.357 e. The third kappa shape index (κ3) is 4.35. The van der Waals surface area contributed by atoms with Crippen LogP contribution in [0.5, 0.6) is 0 Å². The molecule has 1 amide bonds. The minimum absolute atomic E-state index is 0.0480. The number of amides is 1. The van der Waals surface area contributed by atoms with Gasteiger partial charge in [0.25, 0.3) is 0 Å². The first-order chi connectivity index (χ1) is 17.1. The first kappa shape index (κ1) is 24.3. The van der Waals surface area contributed by atoms with Crippen LogP contribution in [0.25, 0.3) is 0 Å². The average molecular weight is 499 g/mol. The molecular weight excluding hydrogens is 468 g/mol. The van der Waals surface area contributed by atoms with Gasteiger partial charge in [-0.2, -0.15) is 0 Å². The Labute approximate surface area is 218 Å². The quantitative estimate of drug-likeness (QED) is 0.400. The van der Waals surface area contributed by atoms with Crippen LogP contribution in [0.2, 0.25) is 5.02 Å². The second-order valence-electron chi connectivity index (χ2n) is 10.7. The Morgan fingerprint density at radius 2 is 1.64 bits per heavy atom. The van der Waals surface area contributed by atoms with E-state index in [1.165, 1.54) is 5.56 Å². The lowest BCUT2D eigenvalue weighted by atomic mass is 9.75. The summed E-state index contributed by atoms with van der Waals surface area (Å²) < 4.78 is 0. The number of fused-ring (bicyclic) bond motifs is 2. The predicted molar refractivity (Wildman–Crippen MR) is 146 cm³/mol. The van der Waals surface area contributed by atoms with E-state index in [9.17, 15) is 9.59 Å². The van der Waals surface area contributed by atoms with Crippen LogP contribution in [0.15, 0.2) is 84.6 Å². The van der Waals surface area contributed by atoms with Crippen LogP contribution in [0, 0.1) is 5.92 Å². The van der Waals surface area contributed by atoms with Crippen LogP contribution >= 0.6 is 11.6 Å². The van der Waals surface area contributed by atoms with Gasteiger partial charge in [-0.05, 0) is 40.3 Å². The van der Waals surface area contributed by atoms with Gasteiger partial charge in [-0.1, -0.05) is 93.0 Å². The molecule has 0 saturated carbocycles. The number of nitrogens with zero attached hydrogens (tertiary/aromatic N) is 1. The molecule has 3 aromatic rings. The Kier molecular flexibility index (Phi) is 6.25. The number of anilines is 2. The molecular formula is C31H31ClN2O2. The molecule has 3 aromatic carbocycles. The summed E-state index contributed by atoms with van der Waals surface area (Å²) in [5, 5.41) is 4.08. The van der Waals surface area contributed by atoms with Gasteiger partial charge >= 0.3 is 0 Å². The van der Waals surface area contributed by atoms with E-state index >= 15 is 0 Å². The zero-order valence-electron chi connectivity index (χ0n) is 21.1. The first-order valence-corrected chi connectivity index (χ1v) is 12.8. The number of rotatable bonds is 2. The van der Waals surface area contributed by atoms with Gasteiger partial charge in [-0.3, -0.25) is 9.59 Å². The van der Waals surface area contributed by atoms with E-state index in [0.717, 1.165) is 28.2 Å². The van der Waals surface area contributed by atoms with Crippen molar-refractivity contribution in [3.8, 4) is 0 Å². The van der Waals surface area contributed by atoms with Crippen molar-refractivity contribution in [2.75, 3.05) is 10.2 Å². The second-order valence-corrected chi connectivity index (χ2v) is 11.2. The van der Waals surface area contributed by atoms with Gasteiger partial charge in [-0.15, -0.1) is 0 Å². The van der Waals surface area contributed by atoms with Crippen molar-refractivity contribution in [1.29, 1.82) is 0 Å². The van der Waals surface area contributed by atoms with Crippen molar-refractivity contribution >= 4 is 34.7 Å². The lowest BCUT2D eigenvalue weighted by Crippen LogP contribution is -2.41. The normalized spacial score (nSPS) is 21.6. The number of halogens is 1. The van der Waals surface area contributed by atoms with Crippen molar-refractivity contribution in [1.82, 2.24) is 0 Å². The van der Waals surface area contributed by atoms with Gasteiger partial charge in [0, 0.05) is 30.0 Å². The Balaban J connectivity index is 1.66. The smallest absolute Gasteiger partial charge is 0.224 e. The molecule has 1 heterocycles. The minimum atomic E-state index is -0.550. The van der Waals surface area contributed by atoms with Crippen LogP contribution in [-0.2, 0) is 15.0 Å². The van der Waals surface area contributed by atoms with Crippen molar-refractivity contribution in [3.63, 3.8) is 0 Å². The molecule has 3 atom stereocenters. The Bertz CT molecular complexity index is 1350. The first-order valence-electron chi connectivity index (χ1n) is 12.4. The number of benzene rings is 3. The number of carbonyl (C=O) groups is 2. The van der Waals surface area contributed by atoms with Crippen LogP contribution in [-0.4, -0.2) is 11.7 Å². The Morgan fingerprint density at radius 3 is 2.31 bits per heavy atom. The summed E-state index contributed by atoms with van der Waals surface area (Å²) in [7, 11) is 0. The van der Waals surface area contributed by atoms with Crippen molar-refractivity contribution in [3.05, 3.63) is 106 Å². The maximum atomic E-state index is 13.9. The molecule has 1 aliphatic heterocycles. The third-order valence-electron chi connectivity index (χ3n) is 7.29. The fraction of sp³-hybridized carbons (Fsp3) is 0.290. The average Bonchev–Trinajstić information content (AvgIpc) is 2.98. The number of ketones is 1. The number of Topliss-reactive ketones (excluding diaryl/α,β-unsaturated/α-hetero) is 1. The van der Waals surface area contributed by atoms with Gasteiger partial charge in [0.1, 0.15) is 5.78 Å². The standard InChI is InChI=1S/C31H31ClN2O2/c1-19(35)34-27-12-8-7-11-25(27)33-26-17-21(20-13-15-22(16-14-20)31(2,3)4)18-28(36)29(26)30(34)23-9-5-6-10-24(23)32/h5-17,21,29-30,33H,18H2,1-4H3/t21-,29-,30+/m0/s1. The van der Waals surface area contributed by atoms with Gasteiger partial charge in [0.2, 0.25) is 5.91 Å². The van der Waals surface area contributed by atoms with E-state index in [1.54, 1.807) is 11.8 Å². The maximum absolute atomic E-state index is 13.9. The highest BCUT2D eigenvalue weighted by atomic mass is 35.5. The summed E-state index contributed by atoms with van der Waals surface area (Å²) in [6, 6.07) is 23.2. The zero-order chi connectivity index (χ0) is 25.6. The molecule has 1 aliphatic carbocycles. The number of para-hydroxylation sites is 2. The maximum Gasteiger partial charge on any atom is 0.224 e. The van der Waals surface area contributed by atoms with Gasteiger partial charge in [0.05, 0.1) is 23.3 Å². The van der Waals surface area contributed by atoms with Gasteiger partial charge in [0.15, 0.2) is 0 Å². The molecule has 0 aromatic heterocycles. The fourth-order valence-corrected chi connectivity index (χ4v) is 5.70. The molecule has 1 N–H and O–H groups in total. The zero-order valence-corrected chi connectivity index (χ0v) is 21.8. The molecule has 5 heteroatoms. The molecule has 0 fully saturated rings. The summed E-state index contributed by atoms with van der Waals surface area (Å²) in [6.45, 7) is 8.13. The number of carbonyl (C=O) groups excluding carboxylic acids is 2.